The van der Waals surface area contributed by atoms with Gasteiger partial charge in [-0.25, -0.2) is 9.37 Å². The molecule has 0 unspecified atom stereocenters. The number of halogens is 1. The molecule has 1 aromatic heterocycles. The normalized spacial score (nSPS) is 12.7. The summed E-state index contributed by atoms with van der Waals surface area (Å²) in [6.07, 6.45) is 0.782. The third-order valence-corrected chi connectivity index (χ3v) is 3.74. The van der Waals surface area contributed by atoms with Crippen LogP contribution in [-0.4, -0.2) is 14.5 Å². The van der Waals surface area contributed by atoms with Crippen LogP contribution in [0.25, 0.3) is 0 Å². The third kappa shape index (κ3) is 2.58. The molecule has 2 rings (SSSR count). The predicted octanol–water partition coefficient (Wildman–Crippen LogP) is 2.88. The summed E-state index contributed by atoms with van der Waals surface area (Å²) in [4.78, 5) is 4.45. The Morgan fingerprint density at radius 1 is 1.50 bits per heavy atom. The first-order valence-electron chi connectivity index (χ1n) is 4.59. The summed E-state index contributed by atoms with van der Waals surface area (Å²) in [6.45, 7) is 1.60. The first kappa shape index (κ1) is 11.5. The Morgan fingerprint density at radius 2 is 2.31 bits per heavy atom. The van der Waals surface area contributed by atoms with E-state index >= 15 is 0 Å². The van der Waals surface area contributed by atoms with E-state index in [4.69, 9.17) is 0 Å². The number of aromatic nitrogens is 2. The van der Waals surface area contributed by atoms with E-state index in [9.17, 15) is 9.50 Å². The number of benzene rings is 1. The molecule has 0 bridgehead atoms. The summed E-state index contributed by atoms with van der Waals surface area (Å²) >= 11 is 2.45. The second kappa shape index (κ2) is 4.90. The van der Waals surface area contributed by atoms with Crippen molar-refractivity contribution < 1.29 is 9.50 Å². The van der Waals surface area contributed by atoms with Crippen molar-refractivity contribution in [1.29, 1.82) is 0 Å². The van der Waals surface area contributed by atoms with Crippen LogP contribution in [0.4, 0.5) is 4.39 Å². The predicted molar refractivity (Wildman–Crippen MR) is 61.1 cm³/mol. The molecule has 0 spiro atoms. The lowest BCUT2D eigenvalue weighted by molar-refractivity contribution is 0.198. The molecule has 3 nitrogen and oxygen atoms in total. The van der Waals surface area contributed by atoms with Gasteiger partial charge in [0.25, 0.3) is 0 Å². The van der Waals surface area contributed by atoms with Gasteiger partial charge in [-0.1, -0.05) is 17.8 Å². The molecule has 1 heterocycles. The maximum atomic E-state index is 13.6. The molecule has 2 aromatic rings. The van der Waals surface area contributed by atoms with Crippen molar-refractivity contribution in [2.75, 3.05) is 0 Å². The number of nitrogens with zero attached hydrogens (tertiary/aromatic N) is 2. The van der Waals surface area contributed by atoms with E-state index in [1.165, 1.54) is 35.7 Å². The van der Waals surface area contributed by atoms with Gasteiger partial charge in [0, 0.05) is 0 Å². The van der Waals surface area contributed by atoms with E-state index in [0.717, 1.165) is 0 Å². The standard InChI is InChI=1S/C10H9FN2OS2/c1-6(14)7-2-3-9(8(11)4-7)15-10-12-5-13-16-10/h2-6,14H,1H3/t6-/m1/s1. The topological polar surface area (TPSA) is 46.0 Å². The number of hydrogen-bond acceptors (Lipinski definition) is 5. The lowest BCUT2D eigenvalue weighted by Gasteiger charge is -2.06. The van der Waals surface area contributed by atoms with E-state index < -0.39 is 6.10 Å². The highest BCUT2D eigenvalue weighted by Crippen LogP contribution is 2.31. The van der Waals surface area contributed by atoms with Crippen LogP contribution in [0, 0.1) is 5.82 Å². The molecule has 0 aliphatic rings. The molecule has 0 radical (unpaired) electrons. The average molecular weight is 256 g/mol. The summed E-state index contributed by atoms with van der Waals surface area (Å²) < 4.78 is 18.2. The molecule has 6 heteroatoms. The monoisotopic (exact) mass is 256 g/mol. The van der Waals surface area contributed by atoms with Crippen LogP contribution in [0.15, 0.2) is 33.8 Å². The first-order chi connectivity index (χ1) is 7.66. The lowest BCUT2D eigenvalue weighted by Crippen LogP contribution is -1.92. The zero-order chi connectivity index (χ0) is 11.5. The Bertz CT molecular complexity index is 474. The Kier molecular flexibility index (Phi) is 3.52. The Balaban J connectivity index is 2.23. The van der Waals surface area contributed by atoms with Crippen molar-refractivity contribution >= 4 is 23.3 Å². The molecule has 0 amide bonds. The van der Waals surface area contributed by atoms with Crippen molar-refractivity contribution in [2.45, 2.75) is 22.3 Å². The molecular formula is C10H9FN2OS2. The van der Waals surface area contributed by atoms with Crippen LogP contribution in [0.2, 0.25) is 0 Å². The van der Waals surface area contributed by atoms with Gasteiger partial charge in [-0.2, -0.15) is 4.37 Å². The second-order valence-electron chi connectivity index (χ2n) is 3.18. The summed E-state index contributed by atoms with van der Waals surface area (Å²) in [7, 11) is 0. The van der Waals surface area contributed by atoms with E-state index in [-0.39, 0.29) is 5.82 Å². The maximum absolute atomic E-state index is 13.6. The van der Waals surface area contributed by atoms with Crippen molar-refractivity contribution in [3.63, 3.8) is 0 Å². The molecule has 0 aliphatic heterocycles. The quantitative estimate of drug-likeness (QED) is 0.917. The molecule has 1 N–H and O–H groups in total. The molecule has 84 valence electrons. The highest BCUT2D eigenvalue weighted by molar-refractivity contribution is 8.01. The van der Waals surface area contributed by atoms with Crippen molar-refractivity contribution in [2.24, 2.45) is 0 Å². The highest BCUT2D eigenvalue weighted by atomic mass is 32.2. The van der Waals surface area contributed by atoms with Gasteiger partial charge in [0.1, 0.15) is 12.1 Å². The number of aliphatic hydroxyl groups excluding tert-OH is 1. The maximum Gasteiger partial charge on any atom is 0.174 e. The van der Waals surface area contributed by atoms with Gasteiger partial charge in [-0.15, -0.1) is 0 Å². The number of aliphatic hydroxyl groups is 1. The van der Waals surface area contributed by atoms with Crippen LogP contribution in [0.3, 0.4) is 0 Å². The fourth-order valence-electron chi connectivity index (χ4n) is 1.16. The van der Waals surface area contributed by atoms with Crippen molar-refractivity contribution in [1.82, 2.24) is 9.36 Å². The zero-order valence-corrected chi connectivity index (χ0v) is 10.1. The first-order valence-corrected chi connectivity index (χ1v) is 6.18. The van der Waals surface area contributed by atoms with Crippen LogP contribution < -0.4 is 0 Å². The molecule has 0 fully saturated rings. The number of hydrogen-bond donors (Lipinski definition) is 1. The SMILES string of the molecule is C[C@@H](O)c1ccc(Sc2ncns2)c(F)c1. The fraction of sp³-hybridized carbons (Fsp3) is 0.200. The summed E-state index contributed by atoms with van der Waals surface area (Å²) in [5, 5.41) is 9.30. The molecular weight excluding hydrogens is 247 g/mol. The van der Waals surface area contributed by atoms with Crippen LogP contribution in [0.1, 0.15) is 18.6 Å². The van der Waals surface area contributed by atoms with Crippen LogP contribution in [-0.2, 0) is 0 Å². The smallest absolute Gasteiger partial charge is 0.174 e. The minimum atomic E-state index is -0.657. The molecule has 16 heavy (non-hydrogen) atoms. The Morgan fingerprint density at radius 3 is 2.88 bits per heavy atom. The van der Waals surface area contributed by atoms with Gasteiger partial charge in [-0.3, -0.25) is 0 Å². The van der Waals surface area contributed by atoms with E-state index in [0.29, 0.717) is 14.8 Å². The third-order valence-electron chi connectivity index (χ3n) is 1.98. The van der Waals surface area contributed by atoms with Crippen molar-refractivity contribution in [3.05, 3.63) is 35.9 Å². The fourth-order valence-corrected chi connectivity index (χ4v) is 2.57. The van der Waals surface area contributed by atoms with E-state index in [1.54, 1.807) is 19.1 Å². The summed E-state index contributed by atoms with van der Waals surface area (Å²) in [5.41, 5.74) is 0.569. The second-order valence-corrected chi connectivity index (χ2v) is 5.24. The number of rotatable bonds is 3. The van der Waals surface area contributed by atoms with E-state index in [1.807, 2.05) is 0 Å². The summed E-state index contributed by atoms with van der Waals surface area (Å²) in [6, 6.07) is 4.69. The largest absolute Gasteiger partial charge is 0.389 e. The van der Waals surface area contributed by atoms with Gasteiger partial charge in [0.05, 0.1) is 11.0 Å². The highest BCUT2D eigenvalue weighted by Gasteiger charge is 2.09. The molecule has 1 atom stereocenters. The minimum Gasteiger partial charge on any atom is -0.389 e. The van der Waals surface area contributed by atoms with Crippen molar-refractivity contribution in [3.8, 4) is 0 Å². The zero-order valence-electron chi connectivity index (χ0n) is 8.42. The molecule has 0 saturated carbocycles. The lowest BCUT2D eigenvalue weighted by atomic mass is 10.1. The van der Waals surface area contributed by atoms with Gasteiger partial charge in [-0.05, 0) is 36.2 Å². The molecule has 0 aliphatic carbocycles. The van der Waals surface area contributed by atoms with Gasteiger partial charge >= 0.3 is 0 Å². The average Bonchev–Trinajstić information content (AvgIpc) is 2.73. The van der Waals surface area contributed by atoms with Gasteiger partial charge in [0.2, 0.25) is 0 Å². The molecule has 0 saturated heterocycles. The summed E-state index contributed by atoms with van der Waals surface area (Å²) in [5.74, 6) is -0.349. The Hall–Kier alpha value is -0.980. The minimum absolute atomic E-state index is 0.349. The molecule has 1 aromatic carbocycles. The van der Waals surface area contributed by atoms with Gasteiger partial charge < -0.3 is 5.11 Å². The van der Waals surface area contributed by atoms with E-state index in [2.05, 4.69) is 9.36 Å². The van der Waals surface area contributed by atoms with Crippen LogP contribution in [0.5, 0.6) is 0 Å². The Labute approximate surface area is 101 Å². The van der Waals surface area contributed by atoms with Gasteiger partial charge in [0.15, 0.2) is 4.34 Å². The van der Waals surface area contributed by atoms with Crippen LogP contribution >= 0.6 is 23.3 Å².